The van der Waals surface area contributed by atoms with E-state index in [4.69, 9.17) is 21.1 Å². The fourth-order valence-corrected chi connectivity index (χ4v) is 5.56. The van der Waals surface area contributed by atoms with Crippen LogP contribution in [0.25, 0.3) is 0 Å². The number of likely N-dealkylation sites (tertiary alicyclic amines) is 1. The Kier molecular flexibility index (Phi) is 6.37. The highest BCUT2D eigenvalue weighted by Gasteiger charge is 2.52. The molecule has 1 saturated carbocycles. The lowest BCUT2D eigenvalue weighted by molar-refractivity contribution is -0.128. The number of benzene rings is 1. The Balaban J connectivity index is 1.54. The van der Waals surface area contributed by atoms with Crippen molar-refractivity contribution in [1.82, 2.24) is 24.6 Å². The summed E-state index contributed by atoms with van der Waals surface area (Å²) in [7, 11) is 1.81. The van der Waals surface area contributed by atoms with Crippen LogP contribution in [-0.4, -0.2) is 61.8 Å². The van der Waals surface area contributed by atoms with Crippen molar-refractivity contribution in [2.24, 2.45) is 12.5 Å². The Hall–Kier alpha value is -2.88. The average molecular weight is 534 g/mol. The molecular formula is C26H33ClFN5O4. The van der Waals surface area contributed by atoms with E-state index in [0.29, 0.717) is 48.7 Å². The number of amides is 2. The maximum absolute atomic E-state index is 15.5. The van der Waals surface area contributed by atoms with E-state index < -0.39 is 23.6 Å². The molecule has 11 heteroatoms. The molecule has 2 amide bonds. The fraction of sp³-hybridized carbons (Fsp3) is 0.615. The zero-order chi connectivity index (χ0) is 26.7. The third-order valence-electron chi connectivity index (χ3n) is 7.55. The smallest absolute Gasteiger partial charge is 0.410 e. The number of fused-ring (bicyclic) bond motifs is 1. The maximum Gasteiger partial charge on any atom is 0.410 e. The number of aryl methyl sites for hydroxylation is 1. The molecule has 1 saturated heterocycles. The summed E-state index contributed by atoms with van der Waals surface area (Å²) in [6.07, 6.45) is 2.45. The molecule has 1 aliphatic carbocycles. The van der Waals surface area contributed by atoms with Crippen LogP contribution in [0.3, 0.4) is 0 Å². The zero-order valence-electron chi connectivity index (χ0n) is 21.9. The number of nitrogens with zero attached hydrogens (tertiary/aromatic N) is 5. The molecule has 3 aliphatic rings. The number of hydrogen-bond acceptors (Lipinski definition) is 6. The molecule has 0 N–H and O–H groups in total. The van der Waals surface area contributed by atoms with Crippen molar-refractivity contribution in [3.8, 4) is 5.75 Å². The normalized spacial score (nSPS) is 20.4. The van der Waals surface area contributed by atoms with Gasteiger partial charge in [0.15, 0.2) is 17.4 Å². The molecule has 1 spiro atoms. The second kappa shape index (κ2) is 9.15. The highest BCUT2D eigenvalue weighted by molar-refractivity contribution is 6.31. The molecule has 1 aromatic heterocycles. The molecule has 200 valence electrons. The Bertz CT molecular complexity index is 1250. The molecule has 37 heavy (non-hydrogen) atoms. The van der Waals surface area contributed by atoms with Gasteiger partial charge >= 0.3 is 6.09 Å². The van der Waals surface area contributed by atoms with Crippen LogP contribution in [-0.2, 0) is 29.6 Å². The number of carbonyl (C=O) groups excluding carboxylic acids is 2. The molecule has 2 fully saturated rings. The summed E-state index contributed by atoms with van der Waals surface area (Å²) < 4.78 is 29.0. The summed E-state index contributed by atoms with van der Waals surface area (Å²) in [5.74, 6) is 0.652. The van der Waals surface area contributed by atoms with E-state index in [-0.39, 0.29) is 35.2 Å². The Morgan fingerprint density at radius 1 is 1.30 bits per heavy atom. The van der Waals surface area contributed by atoms with Crippen LogP contribution in [0.5, 0.6) is 5.75 Å². The second-order valence-corrected chi connectivity index (χ2v) is 11.9. The lowest BCUT2D eigenvalue weighted by Crippen LogP contribution is -2.47. The Labute approximate surface area is 220 Å². The van der Waals surface area contributed by atoms with Crippen molar-refractivity contribution < 1.29 is 23.5 Å². The van der Waals surface area contributed by atoms with Gasteiger partial charge in [0.2, 0.25) is 5.91 Å². The third kappa shape index (κ3) is 5.00. The van der Waals surface area contributed by atoms with Crippen LogP contribution in [0.15, 0.2) is 6.07 Å². The Morgan fingerprint density at radius 3 is 2.62 bits per heavy atom. The summed E-state index contributed by atoms with van der Waals surface area (Å²) in [4.78, 5) is 29.6. The lowest BCUT2D eigenvalue weighted by Gasteiger charge is -2.40. The third-order valence-corrected chi connectivity index (χ3v) is 7.89. The van der Waals surface area contributed by atoms with Crippen molar-refractivity contribution in [2.75, 3.05) is 19.6 Å². The van der Waals surface area contributed by atoms with Crippen LogP contribution >= 0.6 is 11.6 Å². The van der Waals surface area contributed by atoms with Crippen LogP contribution in [0.1, 0.15) is 68.9 Å². The first-order chi connectivity index (χ1) is 17.4. The lowest BCUT2D eigenvalue weighted by atomic mass is 9.91. The summed E-state index contributed by atoms with van der Waals surface area (Å²) in [6.45, 7) is 8.37. The van der Waals surface area contributed by atoms with Gasteiger partial charge in [-0.25, -0.2) is 9.18 Å². The minimum atomic E-state index is -0.717. The summed E-state index contributed by atoms with van der Waals surface area (Å²) >= 11 is 6.53. The molecular weight excluding hydrogens is 501 g/mol. The van der Waals surface area contributed by atoms with Crippen LogP contribution in [0, 0.1) is 18.2 Å². The summed E-state index contributed by atoms with van der Waals surface area (Å²) in [5, 5.41) is 8.42. The van der Waals surface area contributed by atoms with Gasteiger partial charge in [0.25, 0.3) is 0 Å². The van der Waals surface area contributed by atoms with Gasteiger partial charge in [0, 0.05) is 43.7 Å². The fourth-order valence-electron chi connectivity index (χ4n) is 5.27. The maximum atomic E-state index is 15.5. The van der Waals surface area contributed by atoms with Gasteiger partial charge in [-0.3, -0.25) is 9.69 Å². The second-order valence-electron chi connectivity index (χ2n) is 11.5. The molecule has 0 radical (unpaired) electrons. The van der Waals surface area contributed by atoms with E-state index in [1.807, 2.05) is 6.92 Å². The number of aromatic nitrogens is 3. The highest BCUT2D eigenvalue weighted by atomic mass is 35.5. The van der Waals surface area contributed by atoms with E-state index in [9.17, 15) is 9.59 Å². The van der Waals surface area contributed by atoms with E-state index in [2.05, 4.69) is 10.2 Å². The summed E-state index contributed by atoms with van der Waals surface area (Å²) in [6, 6.07) is 0.568. The van der Waals surface area contributed by atoms with Crippen LogP contribution < -0.4 is 4.74 Å². The molecule has 1 aromatic carbocycles. The van der Waals surface area contributed by atoms with Crippen molar-refractivity contribution in [2.45, 2.75) is 71.6 Å². The minimum absolute atomic E-state index is 0.00564. The Morgan fingerprint density at radius 2 is 2.03 bits per heavy atom. The molecule has 1 atom stereocenters. The van der Waals surface area contributed by atoms with Gasteiger partial charge in [-0.15, -0.1) is 10.2 Å². The first kappa shape index (κ1) is 25.8. The highest BCUT2D eigenvalue weighted by Crippen LogP contribution is 2.54. The van der Waals surface area contributed by atoms with Gasteiger partial charge in [-0.1, -0.05) is 11.6 Å². The predicted molar refractivity (Wildman–Crippen MR) is 134 cm³/mol. The van der Waals surface area contributed by atoms with E-state index in [0.717, 1.165) is 12.8 Å². The largest absolute Gasteiger partial charge is 0.482 e. The van der Waals surface area contributed by atoms with Gasteiger partial charge in [-0.2, -0.15) is 0 Å². The SMILES string of the molecule is Cc1nnc(COc2c(F)cc(Cl)c3c2[C@@H](CN2CC4(CC4)CC2=O)N(C(=O)OC(C)(C)C)CC3)n1C. The summed E-state index contributed by atoms with van der Waals surface area (Å²) in [5.41, 5.74) is 0.522. The molecule has 9 nitrogen and oxygen atoms in total. The first-order valence-electron chi connectivity index (χ1n) is 12.6. The van der Waals surface area contributed by atoms with Gasteiger partial charge in [0.05, 0.1) is 6.04 Å². The number of ether oxygens (including phenoxy) is 2. The molecule has 5 rings (SSSR count). The topological polar surface area (TPSA) is 89.8 Å². The van der Waals surface area contributed by atoms with E-state index >= 15 is 4.39 Å². The molecule has 2 aliphatic heterocycles. The standard InChI is InChI=1S/C26H33ClFN5O4/c1-15-29-30-20(31(15)5)13-36-23-18(28)10-17(27)16-6-9-33(24(35)37-25(2,3)4)19(22(16)23)12-32-14-26(7-8-26)11-21(32)34/h10,19H,6-9,11-14H2,1-5H3/t19-/m1/s1. The van der Waals surface area contributed by atoms with Gasteiger partial charge < -0.3 is 18.9 Å². The molecule has 3 heterocycles. The zero-order valence-corrected chi connectivity index (χ0v) is 22.7. The predicted octanol–water partition coefficient (Wildman–Crippen LogP) is 4.34. The van der Waals surface area contributed by atoms with Crippen molar-refractivity contribution in [1.29, 1.82) is 0 Å². The number of halogens is 2. The molecule has 0 unspecified atom stereocenters. The van der Waals surface area contributed by atoms with E-state index in [1.54, 1.807) is 42.2 Å². The van der Waals surface area contributed by atoms with Crippen LogP contribution in [0.4, 0.5) is 9.18 Å². The number of carbonyl (C=O) groups is 2. The van der Waals surface area contributed by atoms with Crippen LogP contribution in [0.2, 0.25) is 5.02 Å². The quantitative estimate of drug-likeness (QED) is 0.568. The van der Waals surface area contributed by atoms with Gasteiger partial charge in [0.1, 0.15) is 18.0 Å². The van der Waals surface area contributed by atoms with Crippen molar-refractivity contribution in [3.05, 3.63) is 39.7 Å². The minimum Gasteiger partial charge on any atom is -0.482 e. The monoisotopic (exact) mass is 533 g/mol. The number of rotatable bonds is 5. The molecule has 2 aromatic rings. The number of hydrogen-bond donors (Lipinski definition) is 0. The van der Waals surface area contributed by atoms with E-state index in [1.165, 1.54) is 6.07 Å². The van der Waals surface area contributed by atoms with Crippen molar-refractivity contribution >= 4 is 23.6 Å². The average Bonchev–Trinajstić information content (AvgIpc) is 3.38. The first-order valence-corrected chi connectivity index (χ1v) is 13.0. The van der Waals surface area contributed by atoms with Crippen molar-refractivity contribution in [3.63, 3.8) is 0 Å². The van der Waals surface area contributed by atoms with Gasteiger partial charge in [-0.05, 0) is 64.0 Å². The molecule has 0 bridgehead atoms.